The van der Waals surface area contributed by atoms with Gasteiger partial charge in [0.05, 0.1) is 0 Å². The van der Waals surface area contributed by atoms with E-state index in [-0.39, 0.29) is 5.97 Å². The van der Waals surface area contributed by atoms with Crippen molar-refractivity contribution in [3.63, 3.8) is 0 Å². The summed E-state index contributed by atoms with van der Waals surface area (Å²) in [6, 6.07) is 0. The highest BCUT2D eigenvalue weighted by atomic mass is 16.5. The fourth-order valence-corrected chi connectivity index (χ4v) is 1.29. The van der Waals surface area contributed by atoms with Gasteiger partial charge in [0, 0.05) is 6.42 Å². The third-order valence-corrected chi connectivity index (χ3v) is 2.18. The number of carbonyl (C=O) groups is 1. The predicted octanol–water partition coefficient (Wildman–Crippen LogP) is 3.24. The predicted molar refractivity (Wildman–Crippen MR) is 66.2 cm³/mol. The molecule has 0 heterocycles. The van der Waals surface area contributed by atoms with Crippen LogP contribution in [0.5, 0.6) is 0 Å². The highest BCUT2D eigenvalue weighted by molar-refractivity contribution is 6.31. The molecular weight excluding hydrogens is 187 g/mol. The lowest BCUT2D eigenvalue weighted by Gasteiger charge is -2.02. The van der Waals surface area contributed by atoms with E-state index in [2.05, 4.69) is 26.0 Å². The average Bonchev–Trinajstić information content (AvgIpc) is 2.24. The van der Waals surface area contributed by atoms with E-state index in [4.69, 9.17) is 4.65 Å². The second-order valence-electron chi connectivity index (χ2n) is 3.70. The van der Waals surface area contributed by atoms with Crippen LogP contribution >= 0.6 is 0 Å². The van der Waals surface area contributed by atoms with Crippen molar-refractivity contribution < 1.29 is 9.45 Å². The van der Waals surface area contributed by atoms with Gasteiger partial charge in [-0.05, 0) is 19.2 Å². The summed E-state index contributed by atoms with van der Waals surface area (Å²) in [5.41, 5.74) is 0. The Labute approximate surface area is 94.4 Å². The molecule has 3 heteroatoms. The van der Waals surface area contributed by atoms with Crippen LogP contribution in [0.25, 0.3) is 0 Å². The normalized spacial score (nSPS) is 10.5. The van der Waals surface area contributed by atoms with E-state index < -0.39 is 0 Å². The second-order valence-corrected chi connectivity index (χ2v) is 3.70. The Morgan fingerprint density at radius 2 is 2.00 bits per heavy atom. The Hall–Kier alpha value is -0.725. The molecule has 15 heavy (non-hydrogen) atoms. The average molecular weight is 210 g/mol. The van der Waals surface area contributed by atoms with Crippen LogP contribution in [0.3, 0.4) is 0 Å². The molecule has 0 aliphatic carbocycles. The lowest BCUT2D eigenvalue weighted by atomic mass is 9.95. The Bertz CT molecular complexity index is 178. The van der Waals surface area contributed by atoms with Crippen LogP contribution in [0.4, 0.5) is 0 Å². The molecule has 0 atom stereocenters. The standard InChI is InChI=1S/C12H23BO2/c1-3-5-7-8-10-12(14)15-13-11-9-6-4-2/h6,9,13H,3-5,7-8,10-11H2,1-2H3/b9-6+. The van der Waals surface area contributed by atoms with Crippen LogP contribution in [0, 0.1) is 0 Å². The molecule has 0 rings (SSSR count). The number of unbranched alkanes of at least 4 members (excludes halogenated alkanes) is 3. The highest BCUT2D eigenvalue weighted by Gasteiger charge is 2.01. The van der Waals surface area contributed by atoms with Crippen LogP contribution in [0.2, 0.25) is 6.32 Å². The molecule has 2 nitrogen and oxygen atoms in total. The Morgan fingerprint density at radius 1 is 1.20 bits per heavy atom. The molecular formula is C12H23BO2. The van der Waals surface area contributed by atoms with Crippen molar-refractivity contribution in [2.24, 2.45) is 0 Å². The molecule has 0 saturated heterocycles. The van der Waals surface area contributed by atoms with Gasteiger partial charge in [0.1, 0.15) is 0 Å². The van der Waals surface area contributed by atoms with Gasteiger partial charge in [-0.15, -0.1) is 0 Å². The smallest absolute Gasteiger partial charge is 0.347 e. The first-order chi connectivity index (χ1) is 7.31. The van der Waals surface area contributed by atoms with E-state index in [1.54, 1.807) is 0 Å². The Morgan fingerprint density at radius 3 is 2.67 bits per heavy atom. The van der Waals surface area contributed by atoms with Crippen molar-refractivity contribution in [3.8, 4) is 0 Å². The van der Waals surface area contributed by atoms with E-state index in [0.717, 1.165) is 25.6 Å². The van der Waals surface area contributed by atoms with Gasteiger partial charge in [0.2, 0.25) is 0 Å². The summed E-state index contributed by atoms with van der Waals surface area (Å²) in [6.45, 7) is 4.26. The van der Waals surface area contributed by atoms with Gasteiger partial charge in [0.25, 0.3) is 5.97 Å². The summed E-state index contributed by atoms with van der Waals surface area (Å²) in [5.74, 6) is -0.0454. The monoisotopic (exact) mass is 210 g/mol. The van der Waals surface area contributed by atoms with Crippen LogP contribution in [0.1, 0.15) is 52.4 Å². The largest absolute Gasteiger partial charge is 0.539 e. The molecule has 0 aromatic heterocycles. The number of hydrogen-bond donors (Lipinski definition) is 0. The number of carbonyl (C=O) groups excluding carboxylic acids is 1. The van der Waals surface area contributed by atoms with E-state index in [1.165, 1.54) is 12.8 Å². The summed E-state index contributed by atoms with van der Waals surface area (Å²) < 4.78 is 5.08. The van der Waals surface area contributed by atoms with Crippen molar-refractivity contribution in [1.29, 1.82) is 0 Å². The molecule has 0 saturated carbocycles. The van der Waals surface area contributed by atoms with Crippen molar-refractivity contribution in [3.05, 3.63) is 12.2 Å². The van der Waals surface area contributed by atoms with Gasteiger partial charge in [-0.1, -0.05) is 45.3 Å². The van der Waals surface area contributed by atoms with Crippen molar-refractivity contribution in [1.82, 2.24) is 0 Å². The molecule has 0 bridgehead atoms. The first kappa shape index (κ1) is 14.3. The van der Waals surface area contributed by atoms with Gasteiger partial charge in [0.15, 0.2) is 0 Å². The van der Waals surface area contributed by atoms with Gasteiger partial charge < -0.3 is 4.65 Å². The quantitative estimate of drug-likeness (QED) is 0.331. The summed E-state index contributed by atoms with van der Waals surface area (Å²) in [7, 11) is 0.531. The molecule has 0 radical (unpaired) electrons. The topological polar surface area (TPSA) is 26.3 Å². The number of hydrogen-bond acceptors (Lipinski definition) is 2. The zero-order chi connectivity index (χ0) is 11.4. The van der Waals surface area contributed by atoms with Gasteiger partial charge in [-0.2, -0.15) is 0 Å². The van der Waals surface area contributed by atoms with E-state index in [1.807, 2.05) is 0 Å². The fourth-order valence-electron chi connectivity index (χ4n) is 1.29. The summed E-state index contributed by atoms with van der Waals surface area (Å²) in [4.78, 5) is 11.2. The molecule has 0 aromatic rings. The van der Waals surface area contributed by atoms with Crippen LogP contribution in [-0.4, -0.2) is 13.5 Å². The first-order valence-corrected chi connectivity index (χ1v) is 6.11. The number of allylic oxidation sites excluding steroid dienone is 2. The van der Waals surface area contributed by atoms with Crippen LogP contribution < -0.4 is 0 Å². The SMILES string of the molecule is CC/C=C/CBOC(=O)CCCCCC. The van der Waals surface area contributed by atoms with Gasteiger partial charge >= 0.3 is 7.48 Å². The number of rotatable bonds is 9. The zero-order valence-corrected chi connectivity index (χ0v) is 10.1. The summed E-state index contributed by atoms with van der Waals surface area (Å²) in [5, 5.41) is 0. The fraction of sp³-hybridized carbons (Fsp3) is 0.750. The molecule has 0 fully saturated rings. The molecule has 86 valence electrons. The van der Waals surface area contributed by atoms with Gasteiger partial charge in [-0.3, -0.25) is 4.79 Å². The van der Waals surface area contributed by atoms with Crippen molar-refractivity contribution >= 4 is 13.5 Å². The third-order valence-electron chi connectivity index (χ3n) is 2.18. The molecule has 0 aliphatic heterocycles. The maximum Gasteiger partial charge on any atom is 0.347 e. The van der Waals surface area contributed by atoms with Crippen LogP contribution in [-0.2, 0) is 9.45 Å². The molecule has 0 aromatic carbocycles. The molecule has 0 amide bonds. The third kappa shape index (κ3) is 11.2. The molecule has 0 N–H and O–H groups in total. The maximum absolute atomic E-state index is 11.2. The zero-order valence-electron chi connectivity index (χ0n) is 10.1. The van der Waals surface area contributed by atoms with E-state index in [9.17, 15) is 4.79 Å². The minimum absolute atomic E-state index is 0.0454. The first-order valence-electron chi connectivity index (χ1n) is 6.11. The van der Waals surface area contributed by atoms with Crippen LogP contribution in [0.15, 0.2) is 12.2 Å². The molecule has 0 unspecified atom stereocenters. The van der Waals surface area contributed by atoms with Crippen molar-refractivity contribution in [2.45, 2.75) is 58.7 Å². The summed E-state index contributed by atoms with van der Waals surface area (Å²) >= 11 is 0. The lowest BCUT2D eigenvalue weighted by Crippen LogP contribution is -2.07. The lowest BCUT2D eigenvalue weighted by molar-refractivity contribution is -0.134. The minimum Gasteiger partial charge on any atom is -0.539 e. The Kier molecular flexibility index (Phi) is 10.8. The minimum atomic E-state index is -0.0454. The second kappa shape index (κ2) is 11.4. The Balaban J connectivity index is 3.22. The highest BCUT2D eigenvalue weighted by Crippen LogP contribution is 2.03. The molecule has 0 aliphatic rings. The van der Waals surface area contributed by atoms with E-state index >= 15 is 0 Å². The van der Waals surface area contributed by atoms with Crippen molar-refractivity contribution in [2.75, 3.05) is 0 Å². The van der Waals surface area contributed by atoms with Gasteiger partial charge in [-0.25, -0.2) is 0 Å². The maximum atomic E-state index is 11.2. The molecule has 0 spiro atoms. The summed E-state index contributed by atoms with van der Waals surface area (Å²) in [6.07, 6.45) is 11.2. The van der Waals surface area contributed by atoms with E-state index in [0.29, 0.717) is 13.9 Å².